The van der Waals surface area contributed by atoms with Crippen LogP contribution >= 0.6 is 0 Å². The van der Waals surface area contributed by atoms with Crippen molar-refractivity contribution in [3.8, 4) is 0 Å². The van der Waals surface area contributed by atoms with Crippen LogP contribution in [0.5, 0.6) is 0 Å². The number of anilines is 2. The highest BCUT2D eigenvalue weighted by Crippen LogP contribution is 2.17. The first-order chi connectivity index (χ1) is 10.4. The molecule has 2 aromatic rings. The fourth-order valence-corrected chi connectivity index (χ4v) is 2.91. The van der Waals surface area contributed by atoms with Crippen LogP contribution in [0.1, 0.15) is 10.4 Å². The van der Waals surface area contributed by atoms with E-state index in [1.54, 1.807) is 30.3 Å². The Morgan fingerprint density at radius 1 is 1.14 bits per heavy atom. The van der Waals surface area contributed by atoms with Crippen LogP contribution in [0.3, 0.4) is 0 Å². The molecule has 2 aromatic carbocycles. The largest absolute Gasteiger partial charge is 0.399 e. The SMILES string of the molecule is Nc1ccc(C(=O)Nc2cccc(S(=O)(=O)CCO)c2)cc1. The molecule has 0 fully saturated rings. The van der Waals surface area contributed by atoms with Gasteiger partial charge >= 0.3 is 0 Å². The number of hydrogen-bond donors (Lipinski definition) is 3. The summed E-state index contributed by atoms with van der Waals surface area (Å²) < 4.78 is 23.8. The number of rotatable bonds is 5. The molecular weight excluding hydrogens is 304 g/mol. The Hall–Kier alpha value is -2.38. The summed E-state index contributed by atoms with van der Waals surface area (Å²) in [6.07, 6.45) is 0. The number of aliphatic hydroxyl groups excluding tert-OH is 1. The summed E-state index contributed by atoms with van der Waals surface area (Å²) in [5.74, 6) is -0.723. The lowest BCUT2D eigenvalue weighted by Crippen LogP contribution is -2.13. The molecular formula is C15H16N2O4S. The fourth-order valence-electron chi connectivity index (χ4n) is 1.84. The van der Waals surface area contributed by atoms with E-state index in [1.165, 1.54) is 18.2 Å². The Balaban J connectivity index is 2.20. The van der Waals surface area contributed by atoms with E-state index in [0.717, 1.165) is 0 Å². The van der Waals surface area contributed by atoms with Crippen LogP contribution < -0.4 is 11.1 Å². The molecule has 0 radical (unpaired) electrons. The molecule has 2 rings (SSSR count). The van der Waals surface area contributed by atoms with Crippen molar-refractivity contribution in [2.45, 2.75) is 4.90 Å². The van der Waals surface area contributed by atoms with Crippen LogP contribution in [0.2, 0.25) is 0 Å². The molecule has 0 heterocycles. The first kappa shape index (κ1) is 16.0. The Labute approximate surface area is 128 Å². The number of amides is 1. The van der Waals surface area contributed by atoms with Gasteiger partial charge in [0, 0.05) is 16.9 Å². The number of aliphatic hydroxyl groups is 1. The van der Waals surface area contributed by atoms with Crippen LogP contribution in [-0.2, 0) is 9.84 Å². The third kappa shape index (κ3) is 3.84. The van der Waals surface area contributed by atoms with Crippen LogP contribution in [-0.4, -0.2) is 31.8 Å². The van der Waals surface area contributed by atoms with Gasteiger partial charge in [0.2, 0.25) is 0 Å². The quantitative estimate of drug-likeness (QED) is 0.719. The third-order valence-electron chi connectivity index (χ3n) is 2.98. The maximum atomic E-state index is 12.1. The monoisotopic (exact) mass is 320 g/mol. The van der Waals surface area contributed by atoms with Crippen molar-refractivity contribution in [1.29, 1.82) is 0 Å². The zero-order valence-electron chi connectivity index (χ0n) is 11.7. The number of hydrogen-bond acceptors (Lipinski definition) is 5. The zero-order valence-corrected chi connectivity index (χ0v) is 12.5. The Bertz CT molecular complexity index is 770. The van der Waals surface area contributed by atoms with Crippen LogP contribution in [0.4, 0.5) is 11.4 Å². The normalized spacial score (nSPS) is 11.1. The molecule has 0 saturated heterocycles. The molecule has 0 aromatic heterocycles. The maximum absolute atomic E-state index is 12.1. The lowest BCUT2D eigenvalue weighted by Gasteiger charge is -2.08. The van der Waals surface area contributed by atoms with Crippen molar-refractivity contribution in [1.82, 2.24) is 0 Å². The van der Waals surface area contributed by atoms with E-state index < -0.39 is 16.4 Å². The highest BCUT2D eigenvalue weighted by molar-refractivity contribution is 7.91. The summed E-state index contributed by atoms with van der Waals surface area (Å²) in [6.45, 7) is -0.454. The van der Waals surface area contributed by atoms with Crippen LogP contribution in [0, 0.1) is 0 Å². The van der Waals surface area contributed by atoms with E-state index in [-0.39, 0.29) is 16.6 Å². The molecule has 0 aliphatic heterocycles. The molecule has 0 aliphatic carbocycles. The highest BCUT2D eigenvalue weighted by atomic mass is 32.2. The Morgan fingerprint density at radius 3 is 2.45 bits per heavy atom. The summed E-state index contributed by atoms with van der Waals surface area (Å²) in [6, 6.07) is 12.3. The summed E-state index contributed by atoms with van der Waals surface area (Å²) in [5, 5.41) is 11.4. The number of nitrogens with two attached hydrogens (primary N) is 1. The molecule has 0 atom stereocenters. The van der Waals surface area contributed by atoms with Crippen LogP contribution in [0.25, 0.3) is 0 Å². The Kier molecular flexibility index (Phi) is 4.79. The molecule has 0 unspecified atom stereocenters. The van der Waals surface area contributed by atoms with Crippen molar-refractivity contribution in [3.63, 3.8) is 0 Å². The van der Waals surface area contributed by atoms with E-state index in [1.807, 2.05) is 0 Å². The summed E-state index contributed by atoms with van der Waals surface area (Å²) in [5.41, 5.74) is 6.88. The number of benzene rings is 2. The van der Waals surface area contributed by atoms with E-state index in [4.69, 9.17) is 10.8 Å². The molecule has 0 bridgehead atoms. The number of nitrogen functional groups attached to an aromatic ring is 1. The topological polar surface area (TPSA) is 109 Å². The number of carbonyl (C=O) groups is 1. The molecule has 0 saturated carbocycles. The van der Waals surface area contributed by atoms with Gasteiger partial charge in [-0.1, -0.05) is 6.07 Å². The van der Waals surface area contributed by atoms with E-state index >= 15 is 0 Å². The summed E-state index contributed by atoms with van der Waals surface area (Å²) in [7, 11) is -3.56. The smallest absolute Gasteiger partial charge is 0.255 e. The molecule has 1 amide bonds. The van der Waals surface area contributed by atoms with Gasteiger partial charge in [0.25, 0.3) is 5.91 Å². The number of sulfone groups is 1. The Morgan fingerprint density at radius 2 is 1.82 bits per heavy atom. The predicted molar refractivity (Wildman–Crippen MR) is 84.4 cm³/mol. The third-order valence-corrected chi connectivity index (χ3v) is 4.68. The molecule has 0 spiro atoms. The molecule has 22 heavy (non-hydrogen) atoms. The number of nitrogens with one attached hydrogen (secondary N) is 1. The zero-order chi connectivity index (χ0) is 16.2. The molecule has 4 N–H and O–H groups in total. The van der Waals surface area contributed by atoms with Gasteiger partial charge in [0.05, 0.1) is 17.3 Å². The first-order valence-corrected chi connectivity index (χ1v) is 8.18. The van der Waals surface area contributed by atoms with Crippen molar-refractivity contribution in [2.75, 3.05) is 23.4 Å². The van der Waals surface area contributed by atoms with Crippen molar-refractivity contribution in [3.05, 3.63) is 54.1 Å². The molecule has 116 valence electrons. The summed E-state index contributed by atoms with van der Waals surface area (Å²) >= 11 is 0. The van der Waals surface area contributed by atoms with Gasteiger partial charge in [-0.25, -0.2) is 8.42 Å². The average molecular weight is 320 g/mol. The second-order valence-electron chi connectivity index (χ2n) is 4.65. The minimum absolute atomic E-state index is 0.0525. The van der Waals surface area contributed by atoms with Crippen molar-refractivity contribution in [2.24, 2.45) is 0 Å². The van der Waals surface area contributed by atoms with E-state index in [0.29, 0.717) is 16.9 Å². The van der Waals surface area contributed by atoms with E-state index in [9.17, 15) is 13.2 Å². The molecule has 7 heteroatoms. The average Bonchev–Trinajstić information content (AvgIpc) is 2.48. The second kappa shape index (κ2) is 6.59. The van der Waals surface area contributed by atoms with Gasteiger partial charge < -0.3 is 16.2 Å². The standard InChI is InChI=1S/C15H16N2O4S/c16-12-6-4-11(5-7-12)15(19)17-13-2-1-3-14(10-13)22(20,21)9-8-18/h1-7,10,18H,8-9,16H2,(H,17,19). The summed E-state index contributed by atoms with van der Waals surface area (Å²) in [4.78, 5) is 12.1. The lowest BCUT2D eigenvalue weighted by atomic mass is 10.2. The second-order valence-corrected chi connectivity index (χ2v) is 6.76. The van der Waals surface area contributed by atoms with Gasteiger partial charge in [-0.05, 0) is 42.5 Å². The highest BCUT2D eigenvalue weighted by Gasteiger charge is 2.14. The molecule has 6 nitrogen and oxygen atoms in total. The van der Waals surface area contributed by atoms with Gasteiger partial charge in [-0.3, -0.25) is 4.79 Å². The van der Waals surface area contributed by atoms with Crippen molar-refractivity contribution >= 4 is 27.1 Å². The minimum Gasteiger partial charge on any atom is -0.399 e. The fraction of sp³-hybridized carbons (Fsp3) is 0.133. The first-order valence-electron chi connectivity index (χ1n) is 6.53. The van der Waals surface area contributed by atoms with Gasteiger partial charge in [0.1, 0.15) is 0 Å². The molecule has 0 aliphatic rings. The van der Waals surface area contributed by atoms with Crippen LogP contribution in [0.15, 0.2) is 53.4 Å². The minimum atomic E-state index is -3.56. The lowest BCUT2D eigenvalue weighted by molar-refractivity contribution is 0.102. The van der Waals surface area contributed by atoms with Gasteiger partial charge in [-0.2, -0.15) is 0 Å². The van der Waals surface area contributed by atoms with Crippen molar-refractivity contribution < 1.29 is 18.3 Å². The maximum Gasteiger partial charge on any atom is 0.255 e. The predicted octanol–water partition coefficient (Wildman–Crippen LogP) is 1.29. The number of carbonyl (C=O) groups excluding carboxylic acids is 1. The van der Waals surface area contributed by atoms with Gasteiger partial charge in [0.15, 0.2) is 9.84 Å². The van der Waals surface area contributed by atoms with E-state index in [2.05, 4.69) is 5.32 Å². The van der Waals surface area contributed by atoms with Gasteiger partial charge in [-0.15, -0.1) is 0 Å².